The van der Waals surface area contributed by atoms with Crippen molar-refractivity contribution in [3.05, 3.63) is 23.8 Å². The predicted molar refractivity (Wildman–Crippen MR) is 79.4 cm³/mol. The first-order valence-electron chi connectivity index (χ1n) is 5.73. The van der Waals surface area contributed by atoms with Crippen LogP contribution in [0.25, 0.3) is 0 Å². The molecule has 0 aromatic heterocycles. The molecule has 0 unspecified atom stereocenters. The highest BCUT2D eigenvalue weighted by Crippen LogP contribution is 2.24. The van der Waals surface area contributed by atoms with Gasteiger partial charge in [0, 0.05) is 22.1 Å². The van der Waals surface area contributed by atoms with Crippen molar-refractivity contribution in [2.24, 2.45) is 0 Å². The first kappa shape index (κ1) is 14.6. The summed E-state index contributed by atoms with van der Waals surface area (Å²) < 4.78 is 11.2. The van der Waals surface area contributed by atoms with E-state index in [1.165, 1.54) is 6.42 Å². The van der Waals surface area contributed by atoms with Crippen molar-refractivity contribution in [2.75, 3.05) is 20.8 Å². The van der Waals surface area contributed by atoms with E-state index in [2.05, 4.69) is 34.8 Å². The number of methoxy groups -OCH3 is 2. The summed E-state index contributed by atoms with van der Waals surface area (Å²) in [6.45, 7) is 4.08. The molecule has 0 fully saturated rings. The van der Waals surface area contributed by atoms with Crippen LogP contribution < -0.4 is 14.8 Å². The van der Waals surface area contributed by atoms with Gasteiger partial charge >= 0.3 is 0 Å². The maximum absolute atomic E-state index is 5.34. The van der Waals surface area contributed by atoms with Crippen LogP contribution in [0.4, 0.5) is 0 Å². The van der Waals surface area contributed by atoms with Crippen LogP contribution in [-0.4, -0.2) is 24.7 Å². The first-order valence-corrected chi connectivity index (χ1v) is 6.97. The summed E-state index contributed by atoms with van der Waals surface area (Å²) in [5.74, 6) is 1.70. The van der Waals surface area contributed by atoms with Crippen molar-refractivity contribution in [1.29, 1.82) is 0 Å². The molecule has 0 bridgehead atoms. The second-order valence-electron chi connectivity index (χ2n) is 3.92. The van der Waals surface area contributed by atoms with Gasteiger partial charge in [0.05, 0.1) is 14.2 Å². The summed E-state index contributed by atoms with van der Waals surface area (Å²) in [6.07, 6.45) is 1.18. The van der Waals surface area contributed by atoms with Gasteiger partial charge in [-0.3, -0.25) is 0 Å². The molecule has 3 nitrogen and oxygen atoms in total. The lowest BCUT2D eigenvalue weighted by atomic mass is 10.2. The Kier molecular flexibility index (Phi) is 6.65. The second kappa shape index (κ2) is 7.76. The van der Waals surface area contributed by atoms with E-state index in [0.717, 1.165) is 30.2 Å². The SMILES string of the molecule is COc1ccc(CNCC[C@H](C)I)c(OC)c1. The van der Waals surface area contributed by atoms with Crippen LogP contribution in [0.1, 0.15) is 18.9 Å². The van der Waals surface area contributed by atoms with E-state index >= 15 is 0 Å². The van der Waals surface area contributed by atoms with Crippen LogP contribution in [-0.2, 0) is 6.54 Å². The molecule has 17 heavy (non-hydrogen) atoms. The highest BCUT2D eigenvalue weighted by molar-refractivity contribution is 14.1. The summed E-state index contributed by atoms with van der Waals surface area (Å²) in [7, 11) is 3.35. The lowest BCUT2D eigenvalue weighted by molar-refractivity contribution is 0.390. The van der Waals surface area contributed by atoms with Gasteiger partial charge in [0.1, 0.15) is 11.5 Å². The molecule has 0 aliphatic rings. The smallest absolute Gasteiger partial charge is 0.127 e. The summed E-state index contributed by atoms with van der Waals surface area (Å²) >= 11 is 2.44. The molecule has 4 heteroatoms. The Morgan fingerprint density at radius 2 is 2.06 bits per heavy atom. The third kappa shape index (κ3) is 5.12. The molecule has 0 saturated heterocycles. The predicted octanol–water partition coefficient (Wildman–Crippen LogP) is 3.01. The van der Waals surface area contributed by atoms with E-state index in [0.29, 0.717) is 3.92 Å². The van der Waals surface area contributed by atoms with Crippen LogP contribution in [0, 0.1) is 0 Å². The molecular weight excluding hydrogens is 329 g/mol. The van der Waals surface area contributed by atoms with E-state index in [1.54, 1.807) is 14.2 Å². The molecule has 0 saturated carbocycles. The fourth-order valence-electron chi connectivity index (χ4n) is 1.52. The molecule has 96 valence electrons. The summed E-state index contributed by atoms with van der Waals surface area (Å²) in [4.78, 5) is 0. The van der Waals surface area contributed by atoms with Gasteiger partial charge in [0.2, 0.25) is 0 Å². The van der Waals surface area contributed by atoms with Crippen molar-refractivity contribution in [1.82, 2.24) is 5.32 Å². The van der Waals surface area contributed by atoms with Gasteiger partial charge in [0.15, 0.2) is 0 Å². The van der Waals surface area contributed by atoms with Crippen LogP contribution >= 0.6 is 22.6 Å². The molecule has 0 spiro atoms. The summed E-state index contributed by atoms with van der Waals surface area (Å²) in [5, 5.41) is 3.42. The Balaban J connectivity index is 2.52. The number of rotatable bonds is 7. The molecule has 1 rings (SSSR count). The number of halogens is 1. The second-order valence-corrected chi connectivity index (χ2v) is 6.05. The number of alkyl halides is 1. The zero-order valence-electron chi connectivity index (χ0n) is 10.6. The quantitative estimate of drug-likeness (QED) is 0.466. The van der Waals surface area contributed by atoms with Crippen molar-refractivity contribution in [3.63, 3.8) is 0 Å². The number of nitrogens with one attached hydrogen (secondary N) is 1. The van der Waals surface area contributed by atoms with Crippen LogP contribution in [0.15, 0.2) is 18.2 Å². The molecule has 0 heterocycles. The molecular formula is C13H20INO2. The Morgan fingerprint density at radius 3 is 2.65 bits per heavy atom. The standard InChI is InChI=1S/C13H20INO2/c1-10(14)6-7-15-9-11-4-5-12(16-2)8-13(11)17-3/h4-5,8,10,15H,6-7,9H2,1-3H3/t10-/m0/s1. The summed E-state index contributed by atoms with van der Waals surface area (Å²) in [6, 6.07) is 5.91. The zero-order chi connectivity index (χ0) is 12.7. The van der Waals surface area contributed by atoms with Crippen molar-refractivity contribution < 1.29 is 9.47 Å². The molecule has 1 N–H and O–H groups in total. The van der Waals surface area contributed by atoms with Gasteiger partial charge in [0.25, 0.3) is 0 Å². The Bertz CT molecular complexity index is 342. The average molecular weight is 349 g/mol. The average Bonchev–Trinajstić information content (AvgIpc) is 2.34. The number of benzene rings is 1. The minimum Gasteiger partial charge on any atom is -0.497 e. The Hall–Kier alpha value is -0.490. The first-order chi connectivity index (χ1) is 8.17. The normalized spacial score (nSPS) is 12.2. The summed E-state index contributed by atoms with van der Waals surface area (Å²) in [5.41, 5.74) is 1.16. The van der Waals surface area contributed by atoms with E-state index < -0.39 is 0 Å². The van der Waals surface area contributed by atoms with Gasteiger partial charge in [-0.25, -0.2) is 0 Å². The fraction of sp³-hybridized carbons (Fsp3) is 0.538. The van der Waals surface area contributed by atoms with E-state index in [1.807, 2.05) is 18.2 Å². The highest BCUT2D eigenvalue weighted by atomic mass is 127. The van der Waals surface area contributed by atoms with Gasteiger partial charge < -0.3 is 14.8 Å². The number of hydrogen-bond acceptors (Lipinski definition) is 3. The molecule has 1 aromatic carbocycles. The molecule has 1 aromatic rings. The fourth-order valence-corrected chi connectivity index (χ4v) is 1.83. The third-order valence-electron chi connectivity index (χ3n) is 2.53. The monoisotopic (exact) mass is 349 g/mol. The molecule has 0 radical (unpaired) electrons. The van der Waals surface area contributed by atoms with Crippen LogP contribution in [0.3, 0.4) is 0 Å². The zero-order valence-corrected chi connectivity index (χ0v) is 12.8. The lowest BCUT2D eigenvalue weighted by Crippen LogP contribution is -2.17. The largest absolute Gasteiger partial charge is 0.497 e. The molecule has 0 amide bonds. The van der Waals surface area contributed by atoms with Gasteiger partial charge in [-0.15, -0.1) is 0 Å². The van der Waals surface area contributed by atoms with Crippen molar-refractivity contribution >= 4 is 22.6 Å². The van der Waals surface area contributed by atoms with Gasteiger partial charge in [-0.1, -0.05) is 35.6 Å². The minimum absolute atomic E-state index is 0.706. The minimum atomic E-state index is 0.706. The van der Waals surface area contributed by atoms with E-state index in [-0.39, 0.29) is 0 Å². The van der Waals surface area contributed by atoms with Crippen molar-refractivity contribution in [3.8, 4) is 11.5 Å². The van der Waals surface area contributed by atoms with Gasteiger partial charge in [-0.2, -0.15) is 0 Å². The topological polar surface area (TPSA) is 30.5 Å². The van der Waals surface area contributed by atoms with Crippen molar-refractivity contribution in [2.45, 2.75) is 23.8 Å². The molecule has 0 aliphatic carbocycles. The lowest BCUT2D eigenvalue weighted by Gasteiger charge is -2.11. The molecule has 1 atom stereocenters. The maximum Gasteiger partial charge on any atom is 0.127 e. The number of hydrogen-bond donors (Lipinski definition) is 1. The maximum atomic E-state index is 5.34. The molecule has 0 aliphatic heterocycles. The van der Waals surface area contributed by atoms with Crippen LogP contribution in [0.5, 0.6) is 11.5 Å². The van der Waals surface area contributed by atoms with Crippen LogP contribution in [0.2, 0.25) is 0 Å². The Morgan fingerprint density at radius 1 is 1.29 bits per heavy atom. The Labute approximate surface area is 117 Å². The van der Waals surface area contributed by atoms with Gasteiger partial charge in [-0.05, 0) is 19.0 Å². The van der Waals surface area contributed by atoms with E-state index in [4.69, 9.17) is 9.47 Å². The third-order valence-corrected chi connectivity index (χ3v) is 3.15. The van der Waals surface area contributed by atoms with E-state index in [9.17, 15) is 0 Å². The number of ether oxygens (including phenoxy) is 2. The highest BCUT2D eigenvalue weighted by Gasteiger charge is 2.04.